The highest BCUT2D eigenvalue weighted by Gasteiger charge is 2.08. The van der Waals surface area contributed by atoms with E-state index < -0.39 is 11.6 Å². The number of hydrogen-bond donors (Lipinski definition) is 1. The van der Waals surface area contributed by atoms with Crippen LogP contribution in [0.2, 0.25) is 0 Å². The summed E-state index contributed by atoms with van der Waals surface area (Å²) in [6.45, 7) is 2.11. The van der Waals surface area contributed by atoms with Crippen LogP contribution in [0.1, 0.15) is 44.2 Å². The van der Waals surface area contributed by atoms with Gasteiger partial charge in [-0.2, -0.15) is 0 Å². The van der Waals surface area contributed by atoms with E-state index in [1.807, 2.05) is 0 Å². The minimum atomic E-state index is -0.821. The predicted octanol–water partition coefficient (Wildman–Crippen LogP) is 3.54. The third-order valence-electron chi connectivity index (χ3n) is 2.49. The van der Waals surface area contributed by atoms with Crippen LogP contribution in [-0.2, 0) is 0 Å². The van der Waals surface area contributed by atoms with Crippen LogP contribution in [0.3, 0.4) is 0 Å². The highest BCUT2D eigenvalue weighted by Crippen LogP contribution is 2.19. The first-order valence-electron chi connectivity index (χ1n) is 5.35. The van der Waals surface area contributed by atoms with Crippen LogP contribution in [0, 0.1) is 11.6 Å². The topological polar surface area (TPSA) is 26.0 Å². The molecule has 1 nitrogen and oxygen atoms in total. The van der Waals surface area contributed by atoms with Crippen LogP contribution < -0.4 is 5.73 Å². The maximum atomic E-state index is 12.9. The number of hydrogen-bond acceptors (Lipinski definition) is 1. The molecule has 84 valence electrons. The summed E-state index contributed by atoms with van der Waals surface area (Å²) in [5.74, 6) is -1.64. The molecular weight excluding hydrogens is 196 g/mol. The fourth-order valence-electron chi connectivity index (χ4n) is 1.52. The Bertz CT molecular complexity index is 312. The quantitative estimate of drug-likeness (QED) is 0.744. The molecule has 1 unspecified atom stereocenters. The smallest absolute Gasteiger partial charge is 0.159 e. The first kappa shape index (κ1) is 12.1. The second-order valence-electron chi connectivity index (χ2n) is 3.78. The first-order chi connectivity index (χ1) is 7.15. The van der Waals surface area contributed by atoms with Crippen molar-refractivity contribution >= 4 is 0 Å². The molecule has 0 aliphatic rings. The monoisotopic (exact) mass is 213 g/mol. The number of unbranched alkanes of at least 4 members (excludes halogenated alkanes) is 2. The Balaban J connectivity index is 2.57. The first-order valence-corrected chi connectivity index (χ1v) is 5.35. The van der Waals surface area contributed by atoms with Gasteiger partial charge in [0.25, 0.3) is 0 Å². The third-order valence-corrected chi connectivity index (χ3v) is 2.49. The Kier molecular flexibility index (Phi) is 4.69. The number of halogens is 2. The summed E-state index contributed by atoms with van der Waals surface area (Å²) in [6, 6.07) is 3.68. The molecule has 2 N–H and O–H groups in total. The molecule has 1 aromatic carbocycles. The average Bonchev–Trinajstić information content (AvgIpc) is 2.22. The van der Waals surface area contributed by atoms with Gasteiger partial charge >= 0.3 is 0 Å². The van der Waals surface area contributed by atoms with E-state index in [0.29, 0.717) is 5.56 Å². The number of nitrogens with two attached hydrogens (primary N) is 1. The minimum Gasteiger partial charge on any atom is -0.324 e. The molecule has 0 radical (unpaired) electrons. The van der Waals surface area contributed by atoms with Crippen molar-refractivity contribution in [1.29, 1.82) is 0 Å². The van der Waals surface area contributed by atoms with Gasteiger partial charge in [-0.15, -0.1) is 0 Å². The van der Waals surface area contributed by atoms with Crippen molar-refractivity contribution in [2.75, 3.05) is 0 Å². The molecular formula is C12H17F2N. The maximum Gasteiger partial charge on any atom is 0.159 e. The number of benzene rings is 1. The molecule has 1 atom stereocenters. The summed E-state index contributed by atoms with van der Waals surface area (Å²) in [6.07, 6.45) is 4.09. The predicted molar refractivity (Wildman–Crippen MR) is 57.4 cm³/mol. The zero-order chi connectivity index (χ0) is 11.3. The molecule has 0 bridgehead atoms. The zero-order valence-corrected chi connectivity index (χ0v) is 8.97. The second-order valence-corrected chi connectivity index (χ2v) is 3.78. The molecule has 0 aliphatic carbocycles. The molecule has 0 saturated carbocycles. The average molecular weight is 213 g/mol. The molecule has 0 aliphatic heterocycles. The van der Waals surface area contributed by atoms with Crippen molar-refractivity contribution in [3.05, 3.63) is 35.4 Å². The van der Waals surface area contributed by atoms with E-state index in [1.54, 1.807) is 6.07 Å². The Labute approximate surface area is 89.3 Å². The highest BCUT2D eigenvalue weighted by atomic mass is 19.2. The van der Waals surface area contributed by atoms with E-state index in [0.717, 1.165) is 31.7 Å². The number of rotatable bonds is 5. The Morgan fingerprint density at radius 3 is 2.53 bits per heavy atom. The lowest BCUT2D eigenvalue weighted by atomic mass is 10.0. The van der Waals surface area contributed by atoms with Gasteiger partial charge in [0.15, 0.2) is 11.6 Å². The lowest BCUT2D eigenvalue weighted by Crippen LogP contribution is -2.10. The van der Waals surface area contributed by atoms with Crippen LogP contribution >= 0.6 is 0 Å². The SMILES string of the molecule is CCCCCC(N)c1ccc(F)c(F)c1. The second kappa shape index (κ2) is 5.81. The van der Waals surface area contributed by atoms with Crippen LogP contribution in [0.5, 0.6) is 0 Å². The Morgan fingerprint density at radius 1 is 1.20 bits per heavy atom. The van der Waals surface area contributed by atoms with Gasteiger partial charge in [-0.25, -0.2) is 8.78 Å². The van der Waals surface area contributed by atoms with Crippen molar-refractivity contribution in [2.45, 2.75) is 38.6 Å². The lowest BCUT2D eigenvalue weighted by Gasteiger charge is -2.11. The van der Waals surface area contributed by atoms with Crippen LogP contribution in [0.25, 0.3) is 0 Å². The van der Waals surface area contributed by atoms with Gasteiger partial charge in [0.1, 0.15) is 0 Å². The van der Waals surface area contributed by atoms with E-state index in [2.05, 4.69) is 6.92 Å². The summed E-state index contributed by atoms with van der Waals surface area (Å²) in [7, 11) is 0. The molecule has 15 heavy (non-hydrogen) atoms. The fraction of sp³-hybridized carbons (Fsp3) is 0.500. The van der Waals surface area contributed by atoms with Crippen molar-refractivity contribution < 1.29 is 8.78 Å². The van der Waals surface area contributed by atoms with Crippen molar-refractivity contribution in [2.24, 2.45) is 5.73 Å². The van der Waals surface area contributed by atoms with Gasteiger partial charge in [0.05, 0.1) is 0 Å². The molecule has 0 fully saturated rings. The largest absolute Gasteiger partial charge is 0.324 e. The summed E-state index contributed by atoms with van der Waals surface area (Å²) < 4.78 is 25.6. The molecule has 0 amide bonds. The van der Waals surface area contributed by atoms with Crippen molar-refractivity contribution in [3.8, 4) is 0 Å². The Morgan fingerprint density at radius 2 is 1.93 bits per heavy atom. The van der Waals surface area contributed by atoms with E-state index >= 15 is 0 Å². The summed E-state index contributed by atoms with van der Waals surface area (Å²) in [5.41, 5.74) is 6.54. The van der Waals surface area contributed by atoms with Gasteiger partial charge in [-0.3, -0.25) is 0 Å². The fourth-order valence-corrected chi connectivity index (χ4v) is 1.52. The van der Waals surface area contributed by atoms with E-state index in [1.165, 1.54) is 6.07 Å². The summed E-state index contributed by atoms with van der Waals surface area (Å²) >= 11 is 0. The molecule has 0 heterocycles. The maximum absolute atomic E-state index is 12.9. The zero-order valence-electron chi connectivity index (χ0n) is 8.97. The van der Waals surface area contributed by atoms with Crippen LogP contribution in [-0.4, -0.2) is 0 Å². The summed E-state index contributed by atoms with van der Waals surface area (Å²) in [5, 5.41) is 0. The van der Waals surface area contributed by atoms with Crippen molar-refractivity contribution in [3.63, 3.8) is 0 Å². The third kappa shape index (κ3) is 3.59. The van der Waals surface area contributed by atoms with Gasteiger partial charge in [0, 0.05) is 6.04 Å². The van der Waals surface area contributed by atoms with Gasteiger partial charge in [-0.1, -0.05) is 32.3 Å². The molecule has 1 aromatic rings. The van der Waals surface area contributed by atoms with E-state index in [9.17, 15) is 8.78 Å². The van der Waals surface area contributed by atoms with Crippen LogP contribution in [0.15, 0.2) is 18.2 Å². The minimum absolute atomic E-state index is 0.188. The summed E-state index contributed by atoms with van der Waals surface area (Å²) in [4.78, 5) is 0. The van der Waals surface area contributed by atoms with E-state index in [-0.39, 0.29) is 6.04 Å². The molecule has 1 rings (SSSR count). The molecule has 0 saturated heterocycles. The highest BCUT2D eigenvalue weighted by molar-refractivity contribution is 5.20. The lowest BCUT2D eigenvalue weighted by molar-refractivity contribution is 0.502. The van der Waals surface area contributed by atoms with Crippen LogP contribution in [0.4, 0.5) is 8.78 Å². The van der Waals surface area contributed by atoms with Crippen molar-refractivity contribution in [1.82, 2.24) is 0 Å². The molecule has 0 aromatic heterocycles. The van der Waals surface area contributed by atoms with Gasteiger partial charge in [0.2, 0.25) is 0 Å². The normalized spacial score (nSPS) is 12.8. The molecule has 3 heteroatoms. The molecule has 0 spiro atoms. The van der Waals surface area contributed by atoms with Gasteiger partial charge < -0.3 is 5.73 Å². The van der Waals surface area contributed by atoms with Gasteiger partial charge in [-0.05, 0) is 24.1 Å². The standard InChI is InChI=1S/C12H17F2N/c1-2-3-4-5-12(15)9-6-7-10(13)11(14)8-9/h6-8,12H,2-5,15H2,1H3. The Hall–Kier alpha value is -0.960. The van der Waals surface area contributed by atoms with E-state index in [4.69, 9.17) is 5.73 Å².